The Hall–Kier alpha value is -2.91. The maximum atomic E-state index is 13.2. The van der Waals surface area contributed by atoms with Gasteiger partial charge in [0.1, 0.15) is 18.1 Å². The minimum Gasteiger partial charge on any atom is -0.494 e. The van der Waals surface area contributed by atoms with Crippen molar-refractivity contribution in [2.24, 2.45) is 7.05 Å². The van der Waals surface area contributed by atoms with Crippen LogP contribution in [0.3, 0.4) is 0 Å². The van der Waals surface area contributed by atoms with Crippen LogP contribution in [0.15, 0.2) is 53.6 Å². The van der Waals surface area contributed by atoms with Gasteiger partial charge in [-0.1, -0.05) is 13.0 Å². The van der Waals surface area contributed by atoms with Gasteiger partial charge in [0.2, 0.25) is 15.9 Å². The first-order chi connectivity index (χ1) is 15.0. The summed E-state index contributed by atoms with van der Waals surface area (Å²) in [6.45, 7) is 3.53. The van der Waals surface area contributed by atoms with Crippen LogP contribution in [0.2, 0.25) is 0 Å². The Labute approximate surface area is 182 Å². The van der Waals surface area contributed by atoms with E-state index < -0.39 is 10.0 Å². The van der Waals surface area contributed by atoms with E-state index in [4.69, 9.17) is 9.47 Å². The Balaban J connectivity index is 1.52. The number of hydrogen-bond acceptors (Lipinski definition) is 6. The van der Waals surface area contributed by atoms with E-state index in [1.165, 1.54) is 4.31 Å². The molecule has 0 fully saturated rings. The fraction of sp³-hybridized carbons (Fsp3) is 0.364. The molecule has 3 heterocycles. The van der Waals surface area contributed by atoms with Crippen molar-refractivity contribution in [3.8, 4) is 11.6 Å². The topological polar surface area (TPSA) is 86.6 Å². The smallest absolute Gasteiger partial charge is 0.243 e. The van der Waals surface area contributed by atoms with E-state index in [9.17, 15) is 8.42 Å². The highest BCUT2D eigenvalue weighted by atomic mass is 32.2. The molecule has 0 bridgehead atoms. The molecule has 1 aromatic carbocycles. The van der Waals surface area contributed by atoms with Crippen LogP contribution >= 0.6 is 0 Å². The largest absolute Gasteiger partial charge is 0.494 e. The molecule has 31 heavy (non-hydrogen) atoms. The fourth-order valence-electron chi connectivity index (χ4n) is 3.62. The van der Waals surface area contributed by atoms with Gasteiger partial charge < -0.3 is 9.47 Å². The van der Waals surface area contributed by atoms with Crippen molar-refractivity contribution in [1.29, 1.82) is 0 Å². The summed E-state index contributed by atoms with van der Waals surface area (Å²) in [7, 11) is -1.75. The van der Waals surface area contributed by atoms with Crippen molar-refractivity contribution >= 4 is 10.0 Å². The number of sulfonamides is 1. The summed E-state index contributed by atoms with van der Waals surface area (Å²) in [5.41, 5.74) is 2.66. The van der Waals surface area contributed by atoms with E-state index in [2.05, 4.69) is 10.1 Å². The molecule has 0 saturated carbocycles. The number of hydrogen-bond donors (Lipinski definition) is 0. The van der Waals surface area contributed by atoms with Crippen molar-refractivity contribution < 1.29 is 17.9 Å². The Bertz CT molecular complexity index is 1130. The van der Waals surface area contributed by atoms with Gasteiger partial charge in [0.05, 0.1) is 11.5 Å². The van der Waals surface area contributed by atoms with E-state index in [0.717, 1.165) is 23.4 Å². The summed E-state index contributed by atoms with van der Waals surface area (Å²) in [4.78, 5) is 4.42. The molecule has 0 spiro atoms. The lowest BCUT2D eigenvalue weighted by Gasteiger charge is -2.27. The van der Waals surface area contributed by atoms with Gasteiger partial charge >= 0.3 is 0 Å². The Morgan fingerprint density at radius 2 is 1.90 bits per heavy atom. The molecule has 1 aliphatic heterocycles. The zero-order valence-electron chi connectivity index (χ0n) is 17.7. The lowest BCUT2D eigenvalue weighted by molar-refractivity contribution is 0.285. The van der Waals surface area contributed by atoms with Crippen molar-refractivity contribution in [1.82, 2.24) is 19.1 Å². The minimum absolute atomic E-state index is 0.234. The maximum absolute atomic E-state index is 13.2. The average molecular weight is 443 g/mol. The number of aromatic nitrogens is 3. The van der Waals surface area contributed by atoms with Gasteiger partial charge in [0, 0.05) is 50.1 Å². The molecule has 0 unspecified atom stereocenters. The Kier molecular flexibility index (Phi) is 6.24. The number of aryl methyl sites for hydroxylation is 1. The zero-order valence-corrected chi connectivity index (χ0v) is 18.5. The summed E-state index contributed by atoms with van der Waals surface area (Å²) in [6.07, 6.45) is 3.16. The quantitative estimate of drug-likeness (QED) is 0.533. The lowest BCUT2D eigenvalue weighted by atomic mass is 10.1. The molecule has 0 radical (unpaired) electrons. The first kappa shape index (κ1) is 21.3. The van der Waals surface area contributed by atoms with Crippen LogP contribution in [0.1, 0.15) is 30.3 Å². The van der Waals surface area contributed by atoms with Crippen molar-refractivity contribution in [2.45, 2.75) is 37.8 Å². The molecule has 0 amide bonds. The highest BCUT2D eigenvalue weighted by molar-refractivity contribution is 7.89. The second kappa shape index (κ2) is 9.07. The minimum atomic E-state index is -3.63. The van der Waals surface area contributed by atoms with Gasteiger partial charge in [-0.05, 0) is 36.8 Å². The van der Waals surface area contributed by atoms with E-state index in [1.54, 1.807) is 36.5 Å². The number of rotatable bonds is 8. The normalized spacial score (nSPS) is 14.3. The molecule has 3 aromatic rings. The van der Waals surface area contributed by atoms with Gasteiger partial charge in [0.15, 0.2) is 0 Å². The summed E-state index contributed by atoms with van der Waals surface area (Å²) < 4.78 is 41.1. The van der Waals surface area contributed by atoms with Gasteiger partial charge in [0.25, 0.3) is 0 Å². The van der Waals surface area contributed by atoms with Crippen molar-refractivity contribution in [3.05, 3.63) is 65.6 Å². The molecule has 4 rings (SSSR count). The van der Waals surface area contributed by atoms with Crippen LogP contribution in [0.5, 0.6) is 11.6 Å². The molecular formula is C22H26N4O4S. The number of benzene rings is 1. The predicted octanol–water partition coefficient (Wildman–Crippen LogP) is 2.93. The third kappa shape index (κ3) is 4.57. The predicted molar refractivity (Wildman–Crippen MR) is 115 cm³/mol. The second-order valence-electron chi connectivity index (χ2n) is 7.36. The molecule has 0 saturated heterocycles. The average Bonchev–Trinajstić information content (AvgIpc) is 3.12. The van der Waals surface area contributed by atoms with Gasteiger partial charge in [-0.2, -0.15) is 9.40 Å². The molecular weight excluding hydrogens is 416 g/mol. The second-order valence-corrected chi connectivity index (χ2v) is 9.30. The van der Waals surface area contributed by atoms with E-state index in [1.807, 2.05) is 30.8 Å². The van der Waals surface area contributed by atoms with Crippen molar-refractivity contribution in [2.75, 3.05) is 13.2 Å². The van der Waals surface area contributed by atoms with Crippen LogP contribution in [0.4, 0.5) is 0 Å². The van der Waals surface area contributed by atoms with Crippen LogP contribution in [0, 0.1) is 0 Å². The van der Waals surface area contributed by atoms with E-state index in [0.29, 0.717) is 31.2 Å². The van der Waals surface area contributed by atoms with Gasteiger partial charge in [-0.25, -0.2) is 13.4 Å². The molecule has 0 aliphatic carbocycles. The third-order valence-electron chi connectivity index (χ3n) is 5.22. The highest BCUT2D eigenvalue weighted by Crippen LogP contribution is 2.28. The number of pyridine rings is 1. The molecule has 0 N–H and O–H groups in total. The number of nitrogens with zero attached hydrogens (tertiary/aromatic N) is 4. The summed E-state index contributed by atoms with van der Waals surface area (Å²) >= 11 is 0. The van der Waals surface area contributed by atoms with Crippen LogP contribution in [0.25, 0.3) is 0 Å². The number of ether oxygens (including phenoxy) is 2. The van der Waals surface area contributed by atoms with Crippen LogP contribution < -0.4 is 9.47 Å². The molecule has 9 heteroatoms. The van der Waals surface area contributed by atoms with Crippen molar-refractivity contribution in [3.63, 3.8) is 0 Å². The molecule has 8 nitrogen and oxygen atoms in total. The van der Waals surface area contributed by atoms with Crippen LogP contribution in [-0.2, 0) is 36.6 Å². The SMILES string of the molecule is CCCOc1ccc(S(=O)(=O)N2CCc3c(c(COc4ccccn4)nn3C)C2)cc1. The highest BCUT2D eigenvalue weighted by Gasteiger charge is 2.32. The standard InChI is InChI=1S/C22H26N4O4S/c1-3-14-29-17-7-9-18(10-8-17)31(27,28)26-13-11-21-19(15-26)20(24-25(21)2)16-30-22-6-4-5-12-23-22/h4-10,12H,3,11,13-16H2,1-2H3. The Morgan fingerprint density at radius 3 is 2.61 bits per heavy atom. The molecule has 2 aromatic heterocycles. The van der Waals surface area contributed by atoms with Gasteiger partial charge in [-0.15, -0.1) is 0 Å². The monoisotopic (exact) mass is 442 g/mol. The van der Waals surface area contributed by atoms with E-state index in [-0.39, 0.29) is 18.0 Å². The lowest BCUT2D eigenvalue weighted by Crippen LogP contribution is -2.36. The first-order valence-corrected chi connectivity index (χ1v) is 11.7. The summed E-state index contributed by atoms with van der Waals surface area (Å²) in [5.74, 6) is 1.18. The molecule has 164 valence electrons. The molecule has 0 atom stereocenters. The Morgan fingerprint density at radius 1 is 1.10 bits per heavy atom. The number of fused-ring (bicyclic) bond motifs is 1. The zero-order chi connectivity index (χ0) is 21.8. The van der Waals surface area contributed by atoms with Gasteiger partial charge in [-0.3, -0.25) is 4.68 Å². The van der Waals surface area contributed by atoms with E-state index >= 15 is 0 Å². The summed E-state index contributed by atoms with van der Waals surface area (Å²) in [5, 5.41) is 4.56. The summed E-state index contributed by atoms with van der Waals surface area (Å²) in [6, 6.07) is 12.1. The maximum Gasteiger partial charge on any atom is 0.243 e. The third-order valence-corrected chi connectivity index (χ3v) is 7.08. The van der Waals surface area contributed by atoms with Crippen LogP contribution in [-0.4, -0.2) is 40.6 Å². The molecule has 1 aliphatic rings. The first-order valence-electron chi connectivity index (χ1n) is 10.3. The fourth-order valence-corrected chi connectivity index (χ4v) is 5.03.